The third-order valence-electron chi connectivity index (χ3n) is 3.68. The number of fused-ring (bicyclic) bond motifs is 3. The van der Waals surface area contributed by atoms with Crippen LogP contribution in [0.2, 0.25) is 5.02 Å². The fourth-order valence-electron chi connectivity index (χ4n) is 2.53. The van der Waals surface area contributed by atoms with Gasteiger partial charge in [0.2, 0.25) is 0 Å². The van der Waals surface area contributed by atoms with Gasteiger partial charge >= 0.3 is 0 Å². The lowest BCUT2D eigenvalue weighted by atomic mass is 10.1. The molecule has 3 heterocycles. The maximum Gasteiger partial charge on any atom is 0.261 e. The SMILES string of the molecule is CC(NC(=O)c1cc2c(nc3sccn32)s1)c1ccccc1Cl. The minimum absolute atomic E-state index is 0.107. The van der Waals surface area contributed by atoms with E-state index in [0.29, 0.717) is 9.90 Å². The normalized spacial score (nSPS) is 12.8. The summed E-state index contributed by atoms with van der Waals surface area (Å²) in [7, 11) is 0. The van der Waals surface area contributed by atoms with E-state index in [2.05, 4.69) is 10.3 Å². The van der Waals surface area contributed by atoms with Gasteiger partial charge in [-0.05, 0) is 24.6 Å². The first kappa shape index (κ1) is 14.7. The summed E-state index contributed by atoms with van der Waals surface area (Å²) in [6.07, 6.45) is 1.97. The number of benzene rings is 1. The number of imidazole rings is 1. The molecule has 0 bridgehead atoms. The summed E-state index contributed by atoms with van der Waals surface area (Å²) >= 11 is 9.18. The topological polar surface area (TPSA) is 46.4 Å². The quantitative estimate of drug-likeness (QED) is 0.572. The monoisotopic (exact) mass is 361 g/mol. The Kier molecular flexibility index (Phi) is 3.60. The van der Waals surface area contributed by atoms with Gasteiger partial charge in [0, 0.05) is 16.6 Å². The molecule has 0 saturated carbocycles. The number of aromatic nitrogens is 2. The van der Waals surface area contributed by atoms with E-state index in [9.17, 15) is 4.79 Å². The fraction of sp³-hybridized carbons (Fsp3) is 0.125. The highest BCUT2D eigenvalue weighted by atomic mass is 35.5. The van der Waals surface area contributed by atoms with Crippen LogP contribution in [0, 0.1) is 0 Å². The molecule has 0 spiro atoms. The third kappa shape index (κ3) is 2.52. The highest BCUT2D eigenvalue weighted by Crippen LogP contribution is 2.29. The summed E-state index contributed by atoms with van der Waals surface area (Å²) in [5.41, 5.74) is 1.88. The van der Waals surface area contributed by atoms with Gasteiger partial charge in [-0.1, -0.05) is 29.8 Å². The van der Waals surface area contributed by atoms with Gasteiger partial charge in [0.05, 0.1) is 16.4 Å². The van der Waals surface area contributed by atoms with Crippen LogP contribution >= 0.6 is 34.3 Å². The number of hydrogen-bond acceptors (Lipinski definition) is 4. The van der Waals surface area contributed by atoms with Gasteiger partial charge in [0.15, 0.2) is 4.96 Å². The standard InChI is InChI=1S/C16H12ClN3OS2/c1-9(10-4-2-3-5-11(10)17)18-14(21)13-8-12-15(23-13)19-16-20(12)6-7-22-16/h2-9H,1H3,(H,18,21). The molecule has 0 aliphatic carbocycles. The van der Waals surface area contributed by atoms with Crippen molar-refractivity contribution in [1.82, 2.24) is 14.7 Å². The molecule has 1 aromatic carbocycles. The van der Waals surface area contributed by atoms with Crippen LogP contribution < -0.4 is 5.32 Å². The summed E-state index contributed by atoms with van der Waals surface area (Å²) in [5.74, 6) is -0.107. The van der Waals surface area contributed by atoms with Gasteiger partial charge in [-0.3, -0.25) is 9.20 Å². The third-order valence-corrected chi connectivity index (χ3v) is 5.80. The molecule has 1 N–H and O–H groups in total. The van der Waals surface area contributed by atoms with Crippen molar-refractivity contribution in [2.24, 2.45) is 0 Å². The van der Waals surface area contributed by atoms with Gasteiger partial charge in [0.25, 0.3) is 5.91 Å². The van der Waals surface area contributed by atoms with Crippen LogP contribution in [0.3, 0.4) is 0 Å². The molecule has 1 unspecified atom stereocenters. The zero-order chi connectivity index (χ0) is 16.0. The number of thiazole rings is 1. The van der Waals surface area contributed by atoms with Gasteiger partial charge in [-0.25, -0.2) is 4.98 Å². The lowest BCUT2D eigenvalue weighted by Crippen LogP contribution is -2.26. The summed E-state index contributed by atoms with van der Waals surface area (Å²) in [5, 5.41) is 5.64. The van der Waals surface area contributed by atoms with Crippen LogP contribution in [0.5, 0.6) is 0 Å². The van der Waals surface area contributed by atoms with Crippen LogP contribution in [0.15, 0.2) is 41.9 Å². The Morgan fingerprint density at radius 3 is 3.04 bits per heavy atom. The van der Waals surface area contributed by atoms with Crippen molar-refractivity contribution in [2.75, 3.05) is 0 Å². The van der Waals surface area contributed by atoms with E-state index < -0.39 is 0 Å². The largest absolute Gasteiger partial charge is 0.345 e. The minimum atomic E-state index is -0.158. The maximum absolute atomic E-state index is 12.5. The van der Waals surface area contributed by atoms with Gasteiger partial charge in [-0.15, -0.1) is 22.7 Å². The highest BCUT2D eigenvalue weighted by Gasteiger charge is 2.18. The smallest absolute Gasteiger partial charge is 0.261 e. The van der Waals surface area contributed by atoms with E-state index in [1.165, 1.54) is 11.3 Å². The first-order valence-corrected chi connectivity index (χ1v) is 9.11. The second kappa shape index (κ2) is 5.63. The van der Waals surface area contributed by atoms with Crippen molar-refractivity contribution in [3.05, 3.63) is 57.4 Å². The molecule has 0 saturated heterocycles. The molecule has 7 heteroatoms. The van der Waals surface area contributed by atoms with Crippen LogP contribution in [-0.2, 0) is 0 Å². The number of amides is 1. The lowest BCUT2D eigenvalue weighted by molar-refractivity contribution is 0.0944. The van der Waals surface area contributed by atoms with Gasteiger partial charge < -0.3 is 5.32 Å². The molecule has 4 rings (SSSR count). The molecule has 116 valence electrons. The molecular weight excluding hydrogens is 350 g/mol. The Balaban J connectivity index is 1.61. The zero-order valence-electron chi connectivity index (χ0n) is 12.1. The molecule has 0 aliphatic heterocycles. The molecule has 1 amide bonds. The van der Waals surface area contributed by atoms with Crippen LogP contribution in [-0.4, -0.2) is 15.3 Å². The van der Waals surface area contributed by atoms with Gasteiger partial charge in [-0.2, -0.15) is 0 Å². The lowest BCUT2D eigenvalue weighted by Gasteiger charge is -2.14. The van der Waals surface area contributed by atoms with E-state index in [1.54, 1.807) is 11.3 Å². The molecule has 0 aliphatic rings. The molecule has 0 fully saturated rings. The average Bonchev–Trinajstić information content (AvgIpc) is 3.18. The number of thiophene rings is 1. The van der Waals surface area contributed by atoms with Crippen molar-refractivity contribution in [3.63, 3.8) is 0 Å². The average molecular weight is 362 g/mol. The number of nitrogens with one attached hydrogen (secondary N) is 1. The number of rotatable bonds is 3. The second-order valence-corrected chi connectivity index (χ2v) is 7.50. The summed E-state index contributed by atoms with van der Waals surface area (Å²) in [6, 6.07) is 9.27. The highest BCUT2D eigenvalue weighted by molar-refractivity contribution is 7.21. The molecular formula is C16H12ClN3OS2. The van der Waals surface area contributed by atoms with Crippen LogP contribution in [0.25, 0.3) is 15.3 Å². The number of carbonyl (C=O) groups excluding carboxylic acids is 1. The van der Waals surface area contributed by atoms with Crippen molar-refractivity contribution in [3.8, 4) is 0 Å². The Bertz CT molecular complexity index is 1020. The summed E-state index contributed by atoms with van der Waals surface area (Å²) in [4.78, 5) is 19.5. The predicted octanol–water partition coefficient (Wildman–Crippen LogP) is 4.75. The van der Waals surface area contributed by atoms with Crippen LogP contribution in [0.4, 0.5) is 0 Å². The zero-order valence-corrected chi connectivity index (χ0v) is 14.5. The molecule has 1 atom stereocenters. The Hall–Kier alpha value is -1.89. The number of hydrogen-bond donors (Lipinski definition) is 1. The minimum Gasteiger partial charge on any atom is -0.345 e. The van der Waals surface area contributed by atoms with E-state index in [1.807, 2.05) is 53.2 Å². The van der Waals surface area contributed by atoms with Crippen molar-refractivity contribution < 1.29 is 4.79 Å². The fourth-order valence-corrected chi connectivity index (χ4v) is 4.53. The van der Waals surface area contributed by atoms with E-state index in [0.717, 1.165) is 20.9 Å². The van der Waals surface area contributed by atoms with Gasteiger partial charge in [0.1, 0.15) is 4.83 Å². The summed E-state index contributed by atoms with van der Waals surface area (Å²) < 4.78 is 2.00. The van der Waals surface area contributed by atoms with Crippen LogP contribution in [0.1, 0.15) is 28.2 Å². The maximum atomic E-state index is 12.5. The molecule has 3 aromatic heterocycles. The Labute approximate surface area is 145 Å². The van der Waals surface area contributed by atoms with E-state index in [4.69, 9.17) is 11.6 Å². The van der Waals surface area contributed by atoms with E-state index in [-0.39, 0.29) is 11.9 Å². The Morgan fingerprint density at radius 2 is 2.22 bits per heavy atom. The number of carbonyl (C=O) groups is 1. The number of nitrogens with zero attached hydrogens (tertiary/aromatic N) is 2. The molecule has 4 nitrogen and oxygen atoms in total. The molecule has 4 aromatic rings. The van der Waals surface area contributed by atoms with Crippen molar-refractivity contribution in [2.45, 2.75) is 13.0 Å². The first-order chi connectivity index (χ1) is 11.1. The Morgan fingerprint density at radius 1 is 1.39 bits per heavy atom. The molecule has 0 radical (unpaired) electrons. The van der Waals surface area contributed by atoms with E-state index >= 15 is 0 Å². The predicted molar refractivity (Wildman–Crippen MR) is 95.8 cm³/mol. The first-order valence-electron chi connectivity index (χ1n) is 7.04. The second-order valence-electron chi connectivity index (χ2n) is 5.19. The van der Waals surface area contributed by atoms with Crippen molar-refractivity contribution >= 4 is 55.5 Å². The van der Waals surface area contributed by atoms with Crippen molar-refractivity contribution in [1.29, 1.82) is 0 Å². The summed E-state index contributed by atoms with van der Waals surface area (Å²) in [6.45, 7) is 1.93. The molecule has 23 heavy (non-hydrogen) atoms. The number of halogens is 1.